The summed E-state index contributed by atoms with van der Waals surface area (Å²) in [5.41, 5.74) is 4.43. The number of hydrogen-bond acceptors (Lipinski definition) is 4. The van der Waals surface area contributed by atoms with Gasteiger partial charge in [-0.25, -0.2) is 0 Å². The number of nitrogens with zero attached hydrogens (tertiary/aromatic N) is 3. The van der Waals surface area contributed by atoms with Crippen LogP contribution in [0.5, 0.6) is 0 Å². The number of nitro groups is 1. The summed E-state index contributed by atoms with van der Waals surface area (Å²) in [6.45, 7) is 5.60. The molecule has 30 heavy (non-hydrogen) atoms. The van der Waals surface area contributed by atoms with Gasteiger partial charge in [-0.15, -0.1) is 0 Å². The number of carbonyl (C=O) groups is 1. The number of nitriles is 1. The van der Waals surface area contributed by atoms with Crippen LogP contribution < -0.4 is 5.32 Å². The summed E-state index contributed by atoms with van der Waals surface area (Å²) in [7, 11) is 0. The maximum absolute atomic E-state index is 12.5. The lowest BCUT2D eigenvalue weighted by Crippen LogP contribution is -2.13. The number of amides is 1. The molecule has 1 heterocycles. The molecule has 0 atom stereocenters. The number of hydrogen-bond donors (Lipinski definition) is 1. The van der Waals surface area contributed by atoms with Crippen LogP contribution in [-0.4, -0.2) is 15.4 Å². The quantitative estimate of drug-likeness (QED) is 0.286. The smallest absolute Gasteiger partial charge is 0.271 e. The molecule has 0 aliphatic carbocycles. The van der Waals surface area contributed by atoms with E-state index < -0.39 is 10.8 Å². The summed E-state index contributed by atoms with van der Waals surface area (Å²) in [6, 6.07) is 17.4. The summed E-state index contributed by atoms with van der Waals surface area (Å²) in [6.07, 6.45) is 1.53. The number of carbonyl (C=O) groups excluding carboxylic acids is 1. The standard InChI is InChI=1S/C23H20N4O3/c1-15-9-10-21(27(29)30)13-22(15)26-16(2)11-18(17(26)3)12-19(14-24)23(28)25-20-7-5-4-6-8-20/h4-13H,1-3H3,(H,25,28). The molecule has 0 spiro atoms. The maximum atomic E-state index is 12.5. The van der Waals surface area contributed by atoms with Crippen LogP contribution >= 0.6 is 0 Å². The van der Waals surface area contributed by atoms with Crippen molar-refractivity contribution in [3.63, 3.8) is 0 Å². The molecule has 0 fully saturated rings. The van der Waals surface area contributed by atoms with Gasteiger partial charge in [0.1, 0.15) is 11.6 Å². The van der Waals surface area contributed by atoms with Crippen molar-refractivity contribution in [2.24, 2.45) is 0 Å². The molecule has 1 amide bonds. The normalized spacial score (nSPS) is 11.1. The van der Waals surface area contributed by atoms with Crippen molar-refractivity contribution in [2.45, 2.75) is 20.8 Å². The van der Waals surface area contributed by atoms with Crippen LogP contribution in [0.15, 0.2) is 60.2 Å². The molecule has 0 unspecified atom stereocenters. The van der Waals surface area contributed by atoms with Gasteiger partial charge in [-0.1, -0.05) is 24.3 Å². The van der Waals surface area contributed by atoms with Crippen LogP contribution in [0.2, 0.25) is 0 Å². The monoisotopic (exact) mass is 400 g/mol. The molecule has 0 saturated carbocycles. The highest BCUT2D eigenvalue weighted by molar-refractivity contribution is 6.09. The number of nitro benzene ring substituents is 1. The topological polar surface area (TPSA) is 101 Å². The average Bonchev–Trinajstić information content (AvgIpc) is 3.00. The molecule has 0 aliphatic heterocycles. The lowest BCUT2D eigenvalue weighted by Gasteiger charge is -2.12. The van der Waals surface area contributed by atoms with Gasteiger partial charge in [0.15, 0.2) is 0 Å². The number of para-hydroxylation sites is 1. The highest BCUT2D eigenvalue weighted by Gasteiger charge is 2.17. The lowest BCUT2D eigenvalue weighted by atomic mass is 10.1. The Kier molecular flexibility index (Phi) is 5.79. The third-order valence-electron chi connectivity index (χ3n) is 4.81. The van der Waals surface area contributed by atoms with Crippen LogP contribution in [0.25, 0.3) is 11.8 Å². The second-order valence-electron chi connectivity index (χ2n) is 6.88. The van der Waals surface area contributed by atoms with Crippen molar-refractivity contribution in [1.82, 2.24) is 4.57 Å². The Hall–Kier alpha value is -4.18. The number of non-ortho nitro benzene ring substituents is 1. The molecule has 150 valence electrons. The van der Waals surface area contributed by atoms with Crippen molar-refractivity contribution in [1.29, 1.82) is 5.26 Å². The van der Waals surface area contributed by atoms with Gasteiger partial charge in [-0.2, -0.15) is 5.26 Å². The van der Waals surface area contributed by atoms with E-state index in [0.717, 1.165) is 17.0 Å². The van der Waals surface area contributed by atoms with Gasteiger partial charge >= 0.3 is 0 Å². The number of rotatable bonds is 5. The van der Waals surface area contributed by atoms with E-state index >= 15 is 0 Å². The first-order valence-electron chi connectivity index (χ1n) is 9.24. The van der Waals surface area contributed by atoms with E-state index in [1.807, 2.05) is 43.5 Å². The van der Waals surface area contributed by atoms with E-state index in [4.69, 9.17) is 0 Å². The largest absolute Gasteiger partial charge is 0.321 e. The third-order valence-corrected chi connectivity index (χ3v) is 4.81. The number of aryl methyl sites for hydroxylation is 2. The summed E-state index contributed by atoms with van der Waals surface area (Å²) in [5.74, 6) is -0.500. The van der Waals surface area contributed by atoms with E-state index in [9.17, 15) is 20.2 Å². The van der Waals surface area contributed by atoms with Gasteiger partial charge in [-0.3, -0.25) is 14.9 Å². The molecule has 2 aromatic carbocycles. The molecule has 0 aliphatic rings. The zero-order chi connectivity index (χ0) is 21.8. The summed E-state index contributed by atoms with van der Waals surface area (Å²) in [4.78, 5) is 23.3. The molecule has 1 aromatic heterocycles. The zero-order valence-corrected chi connectivity index (χ0v) is 16.8. The minimum Gasteiger partial charge on any atom is -0.321 e. The Morgan fingerprint density at radius 1 is 1.13 bits per heavy atom. The van der Waals surface area contributed by atoms with Crippen molar-refractivity contribution < 1.29 is 9.72 Å². The fraction of sp³-hybridized carbons (Fsp3) is 0.130. The Balaban J connectivity index is 2.01. The Morgan fingerprint density at radius 3 is 2.47 bits per heavy atom. The third kappa shape index (κ3) is 4.13. The van der Waals surface area contributed by atoms with Gasteiger partial charge in [0, 0.05) is 29.2 Å². The van der Waals surface area contributed by atoms with Gasteiger partial charge in [-0.05, 0) is 56.2 Å². The van der Waals surface area contributed by atoms with Gasteiger partial charge < -0.3 is 9.88 Å². The van der Waals surface area contributed by atoms with Crippen LogP contribution in [0.3, 0.4) is 0 Å². The predicted octanol–water partition coefficient (Wildman–Crippen LogP) is 4.86. The fourth-order valence-electron chi connectivity index (χ4n) is 3.28. The summed E-state index contributed by atoms with van der Waals surface area (Å²) < 4.78 is 1.89. The summed E-state index contributed by atoms with van der Waals surface area (Å²) in [5, 5.41) is 23.4. The Bertz CT molecular complexity index is 1200. The van der Waals surface area contributed by atoms with E-state index in [0.29, 0.717) is 16.9 Å². The zero-order valence-electron chi connectivity index (χ0n) is 16.8. The number of anilines is 1. The van der Waals surface area contributed by atoms with Crippen LogP contribution in [0, 0.1) is 42.2 Å². The molecular formula is C23H20N4O3. The van der Waals surface area contributed by atoms with Gasteiger partial charge in [0.05, 0.1) is 10.6 Å². The molecular weight excluding hydrogens is 380 g/mol. The molecule has 7 nitrogen and oxygen atoms in total. The van der Waals surface area contributed by atoms with Gasteiger partial charge in [0.2, 0.25) is 0 Å². The number of benzene rings is 2. The second-order valence-corrected chi connectivity index (χ2v) is 6.88. The molecule has 0 radical (unpaired) electrons. The highest BCUT2D eigenvalue weighted by atomic mass is 16.6. The minimum absolute atomic E-state index is 0.000134. The second kappa shape index (κ2) is 8.45. The van der Waals surface area contributed by atoms with Crippen molar-refractivity contribution in [3.05, 3.63) is 92.8 Å². The Morgan fingerprint density at radius 2 is 1.83 bits per heavy atom. The lowest BCUT2D eigenvalue weighted by molar-refractivity contribution is -0.384. The van der Waals surface area contributed by atoms with Crippen LogP contribution in [0.1, 0.15) is 22.5 Å². The van der Waals surface area contributed by atoms with Crippen LogP contribution in [0.4, 0.5) is 11.4 Å². The van der Waals surface area contributed by atoms with Crippen molar-refractivity contribution in [2.75, 3.05) is 5.32 Å². The fourth-order valence-corrected chi connectivity index (χ4v) is 3.28. The molecule has 3 aromatic rings. The number of aromatic nitrogens is 1. The molecule has 1 N–H and O–H groups in total. The van der Waals surface area contributed by atoms with E-state index in [1.165, 1.54) is 18.2 Å². The average molecular weight is 400 g/mol. The van der Waals surface area contributed by atoms with Crippen molar-refractivity contribution >= 4 is 23.4 Å². The first kappa shape index (κ1) is 20.6. The maximum Gasteiger partial charge on any atom is 0.271 e. The van der Waals surface area contributed by atoms with Crippen LogP contribution in [-0.2, 0) is 4.79 Å². The van der Waals surface area contributed by atoms with Crippen molar-refractivity contribution in [3.8, 4) is 11.8 Å². The molecule has 0 saturated heterocycles. The first-order chi connectivity index (χ1) is 14.3. The Labute approximate surface area is 174 Å². The predicted molar refractivity (Wildman–Crippen MR) is 115 cm³/mol. The minimum atomic E-state index is -0.500. The van der Waals surface area contributed by atoms with E-state index in [1.54, 1.807) is 30.3 Å². The summed E-state index contributed by atoms with van der Waals surface area (Å²) >= 11 is 0. The van der Waals surface area contributed by atoms with E-state index in [2.05, 4.69) is 5.32 Å². The number of nitrogens with one attached hydrogen (secondary N) is 1. The first-order valence-corrected chi connectivity index (χ1v) is 9.24. The molecule has 3 rings (SSSR count). The molecule has 0 bridgehead atoms. The molecule has 7 heteroatoms. The highest BCUT2D eigenvalue weighted by Crippen LogP contribution is 2.27. The SMILES string of the molecule is Cc1ccc([N+](=O)[O-])cc1-n1c(C)cc(C=C(C#N)C(=O)Nc2ccccc2)c1C. The van der Waals surface area contributed by atoms with E-state index in [-0.39, 0.29) is 11.3 Å². The van der Waals surface area contributed by atoms with Gasteiger partial charge in [0.25, 0.3) is 11.6 Å².